The van der Waals surface area contributed by atoms with Crippen LogP contribution in [-0.2, 0) is 0 Å². The predicted octanol–water partition coefficient (Wildman–Crippen LogP) is 4.19. The SMILES string of the molecule is CC(C)Oc1ccc(N=C2NC(=O)N(C(C)(C)C)C(=O)[NH+]2C(C)c2ccc(F)cc2)cc1. The molecule has 0 saturated carbocycles. The fourth-order valence-corrected chi connectivity index (χ4v) is 3.54. The molecule has 0 radical (unpaired) electrons. The summed E-state index contributed by atoms with van der Waals surface area (Å²) in [5.74, 6) is 0.536. The number of urea groups is 2. The molecule has 2 N–H and O–H groups in total. The van der Waals surface area contributed by atoms with Gasteiger partial charge in [-0.15, -0.1) is 0 Å². The van der Waals surface area contributed by atoms with Gasteiger partial charge in [0.2, 0.25) is 0 Å². The average Bonchev–Trinajstić information content (AvgIpc) is 2.68. The summed E-state index contributed by atoms with van der Waals surface area (Å²) in [5.41, 5.74) is 0.585. The molecule has 1 aliphatic heterocycles. The van der Waals surface area contributed by atoms with E-state index in [1.165, 1.54) is 17.0 Å². The molecule has 2 aromatic carbocycles. The number of aliphatic imine (C=N–C) groups is 1. The molecular formula is C24H30FN4O3+. The molecular weight excluding hydrogens is 411 g/mol. The zero-order chi connectivity index (χ0) is 23.6. The third-order valence-electron chi connectivity index (χ3n) is 5.04. The van der Waals surface area contributed by atoms with Crippen LogP contribution in [0.5, 0.6) is 5.75 Å². The maximum atomic E-state index is 13.5. The maximum absolute atomic E-state index is 13.5. The first-order valence-electron chi connectivity index (χ1n) is 10.6. The smallest absolute Gasteiger partial charge is 0.434 e. The summed E-state index contributed by atoms with van der Waals surface area (Å²) in [7, 11) is 0. The highest BCUT2D eigenvalue weighted by Gasteiger charge is 2.49. The van der Waals surface area contributed by atoms with Crippen molar-refractivity contribution in [1.82, 2.24) is 10.2 Å². The number of ether oxygens (including phenoxy) is 1. The van der Waals surface area contributed by atoms with Crippen LogP contribution in [0, 0.1) is 5.82 Å². The minimum atomic E-state index is -0.726. The number of hydrogen-bond acceptors (Lipinski definition) is 4. The van der Waals surface area contributed by atoms with Gasteiger partial charge in [-0.25, -0.2) is 24.2 Å². The largest absolute Gasteiger partial charge is 0.491 e. The van der Waals surface area contributed by atoms with Crippen molar-refractivity contribution in [2.24, 2.45) is 4.99 Å². The molecule has 2 unspecified atom stereocenters. The normalized spacial score (nSPS) is 19.3. The fourth-order valence-electron chi connectivity index (χ4n) is 3.54. The van der Waals surface area contributed by atoms with Crippen molar-refractivity contribution in [1.29, 1.82) is 0 Å². The fraction of sp³-hybridized carbons (Fsp3) is 0.375. The highest BCUT2D eigenvalue weighted by atomic mass is 19.1. The lowest BCUT2D eigenvalue weighted by Gasteiger charge is -2.39. The third kappa shape index (κ3) is 5.13. The van der Waals surface area contributed by atoms with Gasteiger partial charge in [-0.3, -0.25) is 0 Å². The van der Waals surface area contributed by atoms with Crippen molar-refractivity contribution in [2.75, 3.05) is 0 Å². The molecule has 0 aromatic heterocycles. The van der Waals surface area contributed by atoms with Crippen LogP contribution in [0.4, 0.5) is 19.7 Å². The summed E-state index contributed by atoms with van der Waals surface area (Å²) in [6.45, 7) is 11.1. The molecule has 1 aliphatic rings. The van der Waals surface area contributed by atoms with Crippen LogP contribution < -0.4 is 15.0 Å². The van der Waals surface area contributed by atoms with Gasteiger partial charge in [0.05, 0.1) is 11.8 Å². The van der Waals surface area contributed by atoms with Gasteiger partial charge >= 0.3 is 18.0 Å². The molecule has 3 rings (SSSR count). The molecule has 0 spiro atoms. The predicted molar refractivity (Wildman–Crippen MR) is 121 cm³/mol. The van der Waals surface area contributed by atoms with Gasteiger partial charge in [-0.05, 0) is 77.9 Å². The number of hydrogen-bond donors (Lipinski definition) is 2. The molecule has 32 heavy (non-hydrogen) atoms. The van der Waals surface area contributed by atoms with Crippen LogP contribution in [0.25, 0.3) is 0 Å². The number of benzene rings is 2. The first-order chi connectivity index (χ1) is 15.0. The molecule has 8 heteroatoms. The number of quaternary nitrogens is 1. The first kappa shape index (κ1) is 23.4. The van der Waals surface area contributed by atoms with Crippen molar-refractivity contribution in [3.63, 3.8) is 0 Å². The van der Waals surface area contributed by atoms with Gasteiger partial charge in [-0.2, -0.15) is 9.89 Å². The van der Waals surface area contributed by atoms with E-state index in [4.69, 9.17) is 4.74 Å². The van der Waals surface area contributed by atoms with E-state index in [2.05, 4.69) is 10.3 Å². The van der Waals surface area contributed by atoms with Crippen LogP contribution in [0.3, 0.4) is 0 Å². The van der Waals surface area contributed by atoms with Crippen LogP contribution in [-0.4, -0.2) is 34.6 Å². The Bertz CT molecular complexity index is 1010. The van der Waals surface area contributed by atoms with E-state index in [9.17, 15) is 14.0 Å². The number of carbonyl (C=O) groups is 2. The first-order valence-corrected chi connectivity index (χ1v) is 10.6. The number of nitrogens with zero attached hydrogens (tertiary/aromatic N) is 2. The minimum Gasteiger partial charge on any atom is -0.491 e. The van der Waals surface area contributed by atoms with Crippen molar-refractivity contribution < 1.29 is 23.6 Å². The Morgan fingerprint density at radius 1 is 1.00 bits per heavy atom. The second-order valence-electron chi connectivity index (χ2n) is 9.05. The summed E-state index contributed by atoms with van der Waals surface area (Å²) in [6.07, 6.45) is 0.0438. The number of imide groups is 1. The van der Waals surface area contributed by atoms with Crippen molar-refractivity contribution in [2.45, 2.75) is 59.2 Å². The number of halogens is 1. The molecule has 2 aromatic rings. The highest BCUT2D eigenvalue weighted by molar-refractivity contribution is 6.06. The minimum absolute atomic E-state index is 0.0438. The maximum Gasteiger partial charge on any atom is 0.434 e. The number of rotatable bonds is 5. The number of amides is 4. The van der Waals surface area contributed by atoms with Gasteiger partial charge in [0.1, 0.15) is 17.6 Å². The Labute approximate surface area is 187 Å². The quantitative estimate of drug-likeness (QED) is 0.731. The summed E-state index contributed by atoms with van der Waals surface area (Å²) >= 11 is 0. The van der Waals surface area contributed by atoms with Gasteiger partial charge in [0.15, 0.2) is 0 Å². The zero-order valence-corrected chi connectivity index (χ0v) is 19.3. The Hall–Kier alpha value is -3.26. The van der Waals surface area contributed by atoms with E-state index in [1.54, 1.807) is 57.2 Å². The Morgan fingerprint density at radius 2 is 1.59 bits per heavy atom. The molecule has 4 amide bonds. The van der Waals surface area contributed by atoms with Crippen LogP contribution in [0.15, 0.2) is 53.5 Å². The Balaban J connectivity index is 2.01. The van der Waals surface area contributed by atoms with E-state index in [-0.39, 0.29) is 17.9 Å². The lowest BCUT2D eigenvalue weighted by atomic mass is 10.0. The van der Waals surface area contributed by atoms with Gasteiger partial charge < -0.3 is 4.74 Å². The molecule has 0 aliphatic carbocycles. The molecule has 0 bridgehead atoms. The monoisotopic (exact) mass is 441 g/mol. The molecule has 2 atom stereocenters. The van der Waals surface area contributed by atoms with Crippen LogP contribution >= 0.6 is 0 Å². The average molecular weight is 442 g/mol. The topological polar surface area (TPSA) is 75.4 Å². The second-order valence-corrected chi connectivity index (χ2v) is 9.05. The van der Waals surface area contributed by atoms with E-state index in [0.717, 1.165) is 5.56 Å². The van der Waals surface area contributed by atoms with Gasteiger partial charge in [-0.1, -0.05) is 12.1 Å². The lowest BCUT2D eigenvalue weighted by molar-refractivity contribution is -0.759. The lowest BCUT2D eigenvalue weighted by Crippen LogP contribution is -3.22. The molecule has 1 saturated heterocycles. The van der Waals surface area contributed by atoms with Crippen molar-refractivity contribution >= 4 is 23.7 Å². The third-order valence-corrected chi connectivity index (χ3v) is 5.04. The van der Waals surface area contributed by atoms with E-state index >= 15 is 0 Å². The van der Waals surface area contributed by atoms with Crippen LogP contribution in [0.2, 0.25) is 0 Å². The Kier molecular flexibility index (Phi) is 6.64. The van der Waals surface area contributed by atoms with E-state index < -0.39 is 23.6 Å². The Morgan fingerprint density at radius 3 is 2.12 bits per heavy atom. The van der Waals surface area contributed by atoms with Crippen LogP contribution in [0.1, 0.15) is 53.1 Å². The number of nitrogens with one attached hydrogen (secondary N) is 2. The molecule has 170 valence electrons. The van der Waals surface area contributed by atoms with Gasteiger partial charge in [0.25, 0.3) is 0 Å². The summed E-state index contributed by atoms with van der Waals surface area (Å²) in [4.78, 5) is 32.4. The molecule has 7 nitrogen and oxygen atoms in total. The van der Waals surface area contributed by atoms with Gasteiger partial charge in [0, 0.05) is 11.1 Å². The highest BCUT2D eigenvalue weighted by Crippen LogP contribution is 2.21. The number of guanidine groups is 1. The second kappa shape index (κ2) is 9.08. The number of carbonyl (C=O) groups excluding carboxylic acids is 2. The zero-order valence-electron chi connectivity index (χ0n) is 19.3. The van der Waals surface area contributed by atoms with E-state index in [0.29, 0.717) is 16.3 Å². The molecule has 1 fully saturated rings. The van der Waals surface area contributed by atoms with E-state index in [1.807, 2.05) is 20.8 Å². The standard InChI is InChI=1S/C24H29FN4O3/c1-15(2)32-20-13-11-19(12-14-20)26-21-27-22(30)29(24(4,5)6)23(31)28(21)16(3)17-7-9-18(25)10-8-17/h7-16H,1-6H3,(H,26,27,30)/p+1. The molecule has 1 heterocycles. The summed E-state index contributed by atoms with van der Waals surface area (Å²) < 4.78 is 19.1. The van der Waals surface area contributed by atoms with Crippen molar-refractivity contribution in [3.8, 4) is 5.75 Å². The van der Waals surface area contributed by atoms with Crippen molar-refractivity contribution in [3.05, 3.63) is 59.9 Å². The summed E-state index contributed by atoms with van der Waals surface area (Å²) in [5, 5.41) is 2.78. The summed E-state index contributed by atoms with van der Waals surface area (Å²) in [6, 6.07) is 11.7.